The second-order valence-electron chi connectivity index (χ2n) is 4.53. The van der Waals surface area contributed by atoms with Crippen LogP contribution in [0.25, 0.3) is 0 Å². The Labute approximate surface area is 119 Å². The van der Waals surface area contributed by atoms with E-state index in [4.69, 9.17) is 5.11 Å². The first-order valence-corrected chi connectivity index (χ1v) is 7.38. The first-order chi connectivity index (χ1) is 9.58. The van der Waals surface area contributed by atoms with E-state index >= 15 is 0 Å². The third-order valence-electron chi connectivity index (χ3n) is 3.05. The molecule has 0 aromatic heterocycles. The predicted octanol–water partition coefficient (Wildman–Crippen LogP) is 2.40. The summed E-state index contributed by atoms with van der Waals surface area (Å²) >= 11 is 1.85. The fraction of sp³-hybridized carbons (Fsp3) is 0.385. The Morgan fingerprint density at radius 1 is 1.45 bits per heavy atom. The number of carbonyl (C=O) groups is 2. The van der Waals surface area contributed by atoms with Crippen LogP contribution in [0.15, 0.2) is 18.2 Å². The van der Waals surface area contributed by atoms with Crippen LogP contribution in [0.4, 0.5) is 14.9 Å². The van der Waals surface area contributed by atoms with Gasteiger partial charge in [0.25, 0.3) is 0 Å². The lowest BCUT2D eigenvalue weighted by atomic mass is 10.1. The lowest BCUT2D eigenvalue weighted by Crippen LogP contribution is -2.33. The fourth-order valence-electron chi connectivity index (χ4n) is 1.99. The van der Waals surface area contributed by atoms with Gasteiger partial charge in [-0.2, -0.15) is 11.8 Å². The van der Waals surface area contributed by atoms with Gasteiger partial charge in [0.05, 0.1) is 5.69 Å². The van der Waals surface area contributed by atoms with Crippen LogP contribution >= 0.6 is 11.8 Å². The Hall–Kier alpha value is -1.76. The number of hydrogen-bond acceptors (Lipinski definition) is 3. The van der Waals surface area contributed by atoms with Gasteiger partial charge in [0.1, 0.15) is 11.4 Å². The van der Waals surface area contributed by atoms with Gasteiger partial charge in [0.15, 0.2) is 0 Å². The highest BCUT2D eigenvalue weighted by Crippen LogP contribution is 2.22. The molecule has 1 aromatic rings. The highest BCUT2D eigenvalue weighted by Gasteiger charge is 2.19. The zero-order chi connectivity index (χ0) is 14.5. The van der Waals surface area contributed by atoms with Crippen molar-refractivity contribution in [2.75, 3.05) is 23.4 Å². The number of carboxylic acid groups (broad SMARTS) is 1. The van der Waals surface area contributed by atoms with Crippen molar-refractivity contribution in [3.05, 3.63) is 29.6 Å². The maximum absolute atomic E-state index is 13.4. The molecule has 7 heteroatoms. The Morgan fingerprint density at radius 2 is 2.25 bits per heavy atom. The number of halogens is 1. The Kier molecular flexibility index (Phi) is 4.84. The van der Waals surface area contributed by atoms with Gasteiger partial charge in [0, 0.05) is 6.54 Å². The molecule has 1 aromatic carbocycles. The molecule has 1 aliphatic heterocycles. The summed E-state index contributed by atoms with van der Waals surface area (Å²) in [6.45, 7) is 0.538. The molecule has 0 radical (unpaired) electrons. The molecular formula is C13H15FN2O3S. The summed E-state index contributed by atoms with van der Waals surface area (Å²) in [5, 5.41) is 14.0. The maximum atomic E-state index is 13.4. The average molecular weight is 298 g/mol. The smallest absolute Gasteiger partial charge is 0.340 e. The topological polar surface area (TPSA) is 78.4 Å². The van der Waals surface area contributed by atoms with Crippen molar-refractivity contribution < 1.29 is 19.1 Å². The number of benzene rings is 1. The minimum absolute atomic E-state index is 0.0456. The summed E-state index contributed by atoms with van der Waals surface area (Å²) in [6, 6.07) is 3.24. The molecule has 3 N–H and O–H groups in total. The molecule has 0 spiro atoms. The van der Waals surface area contributed by atoms with Crippen molar-refractivity contribution in [1.29, 1.82) is 0 Å². The normalized spacial score (nSPS) is 17.8. The molecular weight excluding hydrogens is 283 g/mol. The molecule has 0 saturated carbocycles. The van der Waals surface area contributed by atoms with Gasteiger partial charge in [-0.15, -0.1) is 0 Å². The number of urea groups is 1. The first kappa shape index (κ1) is 14.6. The molecule has 0 aliphatic carbocycles. The number of anilines is 1. The second-order valence-corrected chi connectivity index (χ2v) is 5.68. The largest absolute Gasteiger partial charge is 0.478 e. The summed E-state index contributed by atoms with van der Waals surface area (Å²) < 4.78 is 13.4. The Balaban J connectivity index is 1.96. The van der Waals surface area contributed by atoms with E-state index in [1.165, 1.54) is 12.1 Å². The van der Waals surface area contributed by atoms with Crippen molar-refractivity contribution in [3.8, 4) is 0 Å². The minimum Gasteiger partial charge on any atom is -0.478 e. The predicted molar refractivity (Wildman–Crippen MR) is 75.8 cm³/mol. The number of aromatic carboxylic acids is 1. The van der Waals surface area contributed by atoms with Gasteiger partial charge in [-0.05, 0) is 36.0 Å². The molecule has 1 fully saturated rings. The van der Waals surface area contributed by atoms with E-state index in [9.17, 15) is 14.0 Å². The van der Waals surface area contributed by atoms with E-state index in [1.54, 1.807) is 0 Å². The van der Waals surface area contributed by atoms with Crippen molar-refractivity contribution >= 4 is 29.4 Å². The number of nitrogens with one attached hydrogen (secondary N) is 2. The van der Waals surface area contributed by atoms with E-state index in [1.807, 2.05) is 11.8 Å². The van der Waals surface area contributed by atoms with Crippen molar-refractivity contribution in [2.24, 2.45) is 5.92 Å². The number of carbonyl (C=O) groups excluding carboxylic acids is 1. The molecule has 2 rings (SSSR count). The van der Waals surface area contributed by atoms with Gasteiger partial charge >= 0.3 is 12.0 Å². The third-order valence-corrected chi connectivity index (χ3v) is 4.28. The Bertz CT molecular complexity index is 518. The van der Waals surface area contributed by atoms with E-state index < -0.39 is 23.4 Å². The standard InChI is InChI=1S/C13H15FN2O3S/c14-9-2-1-3-10(11(9)12(17)18)16-13(19)15-6-8-4-5-20-7-8/h1-3,8H,4-7H2,(H,17,18)(H2,15,16,19). The van der Waals surface area contributed by atoms with Crippen LogP contribution in [0.2, 0.25) is 0 Å². The molecule has 5 nitrogen and oxygen atoms in total. The zero-order valence-electron chi connectivity index (χ0n) is 10.7. The molecule has 2 amide bonds. The second kappa shape index (κ2) is 6.60. The molecule has 1 aliphatic rings. The summed E-state index contributed by atoms with van der Waals surface area (Å²) in [5.74, 6) is 0.270. The quantitative estimate of drug-likeness (QED) is 0.797. The summed E-state index contributed by atoms with van der Waals surface area (Å²) in [4.78, 5) is 22.7. The molecule has 108 valence electrons. The Morgan fingerprint density at radius 3 is 2.90 bits per heavy atom. The van der Waals surface area contributed by atoms with Crippen LogP contribution in [0.5, 0.6) is 0 Å². The van der Waals surface area contributed by atoms with E-state index in [0.29, 0.717) is 12.5 Å². The monoisotopic (exact) mass is 298 g/mol. The van der Waals surface area contributed by atoms with Gasteiger partial charge in [0.2, 0.25) is 0 Å². The van der Waals surface area contributed by atoms with Crippen molar-refractivity contribution in [1.82, 2.24) is 5.32 Å². The highest BCUT2D eigenvalue weighted by molar-refractivity contribution is 7.99. The molecule has 0 bridgehead atoms. The van der Waals surface area contributed by atoms with Crippen molar-refractivity contribution in [3.63, 3.8) is 0 Å². The average Bonchev–Trinajstić information content (AvgIpc) is 2.89. The molecule has 1 unspecified atom stereocenters. The van der Waals surface area contributed by atoms with Gasteiger partial charge in [-0.25, -0.2) is 14.0 Å². The molecule has 1 heterocycles. The minimum atomic E-state index is -1.41. The van der Waals surface area contributed by atoms with Crippen LogP contribution in [0.1, 0.15) is 16.8 Å². The zero-order valence-corrected chi connectivity index (χ0v) is 11.5. The molecule has 1 saturated heterocycles. The van der Waals surface area contributed by atoms with Crippen LogP contribution in [-0.4, -0.2) is 35.2 Å². The van der Waals surface area contributed by atoms with Crippen LogP contribution < -0.4 is 10.6 Å². The van der Waals surface area contributed by atoms with Crippen molar-refractivity contribution in [2.45, 2.75) is 6.42 Å². The highest BCUT2D eigenvalue weighted by atomic mass is 32.2. The lowest BCUT2D eigenvalue weighted by Gasteiger charge is -2.12. The van der Waals surface area contributed by atoms with Gasteiger partial charge in [-0.3, -0.25) is 0 Å². The SMILES string of the molecule is O=C(NCC1CCSC1)Nc1cccc(F)c1C(=O)O. The summed E-state index contributed by atoms with van der Waals surface area (Å²) in [6.07, 6.45) is 1.06. The number of hydrogen-bond donors (Lipinski definition) is 3. The van der Waals surface area contributed by atoms with E-state index in [0.717, 1.165) is 24.0 Å². The number of rotatable bonds is 4. The lowest BCUT2D eigenvalue weighted by molar-refractivity contribution is 0.0693. The summed E-state index contributed by atoms with van der Waals surface area (Å²) in [7, 11) is 0. The first-order valence-electron chi connectivity index (χ1n) is 6.22. The number of amides is 2. The van der Waals surface area contributed by atoms with Crippen LogP contribution in [0, 0.1) is 11.7 Å². The van der Waals surface area contributed by atoms with E-state index in [2.05, 4.69) is 10.6 Å². The van der Waals surface area contributed by atoms with Crippen LogP contribution in [-0.2, 0) is 0 Å². The molecule has 20 heavy (non-hydrogen) atoms. The molecule has 1 atom stereocenters. The van der Waals surface area contributed by atoms with Gasteiger partial charge in [-0.1, -0.05) is 6.07 Å². The number of thioether (sulfide) groups is 1. The fourth-order valence-corrected chi connectivity index (χ4v) is 3.28. The van der Waals surface area contributed by atoms with E-state index in [-0.39, 0.29) is 5.69 Å². The summed E-state index contributed by atoms with van der Waals surface area (Å²) in [5.41, 5.74) is -0.574. The number of carboxylic acids is 1. The third kappa shape index (κ3) is 3.63. The van der Waals surface area contributed by atoms with Gasteiger partial charge < -0.3 is 15.7 Å². The maximum Gasteiger partial charge on any atom is 0.340 e. The van der Waals surface area contributed by atoms with Crippen LogP contribution in [0.3, 0.4) is 0 Å².